The Bertz CT molecular complexity index is 525. The topological polar surface area (TPSA) is 68.8 Å². The van der Waals surface area contributed by atoms with Crippen LogP contribution in [-0.4, -0.2) is 25.8 Å². The van der Waals surface area contributed by atoms with Gasteiger partial charge < -0.3 is 9.73 Å². The van der Waals surface area contributed by atoms with Gasteiger partial charge in [0.1, 0.15) is 17.9 Å². The van der Waals surface area contributed by atoms with Gasteiger partial charge in [-0.05, 0) is 20.3 Å². The van der Waals surface area contributed by atoms with Crippen LogP contribution >= 0.6 is 0 Å². The predicted octanol–water partition coefficient (Wildman–Crippen LogP) is 0.988. The molecule has 6 nitrogen and oxygen atoms in total. The second kappa shape index (κ2) is 4.53. The molecule has 0 aromatic carbocycles. The molecule has 1 N–H and O–H groups in total. The maximum atomic E-state index is 5.55. The zero-order chi connectivity index (χ0) is 12.5. The van der Waals surface area contributed by atoms with Gasteiger partial charge in [0.25, 0.3) is 0 Å². The Labute approximate surface area is 105 Å². The molecule has 0 radical (unpaired) electrons. The van der Waals surface area contributed by atoms with E-state index in [1.807, 2.05) is 18.5 Å². The Morgan fingerprint density at radius 2 is 2.39 bits per heavy atom. The number of oxazole rings is 1. The van der Waals surface area contributed by atoms with Gasteiger partial charge in [-0.1, -0.05) is 0 Å². The molecule has 0 fully saturated rings. The summed E-state index contributed by atoms with van der Waals surface area (Å²) in [6, 6.07) is 0.409. The Morgan fingerprint density at radius 3 is 3.17 bits per heavy atom. The summed E-state index contributed by atoms with van der Waals surface area (Å²) in [7, 11) is 0. The first-order chi connectivity index (χ1) is 8.72. The number of hydrogen-bond donors (Lipinski definition) is 1. The van der Waals surface area contributed by atoms with Crippen molar-refractivity contribution in [3.05, 3.63) is 29.5 Å². The van der Waals surface area contributed by atoms with Gasteiger partial charge >= 0.3 is 0 Å². The third kappa shape index (κ3) is 2.15. The van der Waals surface area contributed by atoms with Crippen LogP contribution in [0, 0.1) is 13.8 Å². The third-order valence-electron chi connectivity index (χ3n) is 3.42. The van der Waals surface area contributed by atoms with Crippen molar-refractivity contribution in [2.45, 2.75) is 45.8 Å². The molecule has 1 atom stereocenters. The van der Waals surface area contributed by atoms with Gasteiger partial charge in [0.05, 0.1) is 18.8 Å². The molecule has 0 saturated heterocycles. The highest BCUT2D eigenvalue weighted by atomic mass is 16.4. The summed E-state index contributed by atoms with van der Waals surface area (Å²) in [6.45, 7) is 5.44. The van der Waals surface area contributed by atoms with Crippen LogP contribution in [0.2, 0.25) is 0 Å². The van der Waals surface area contributed by atoms with E-state index in [4.69, 9.17) is 4.42 Å². The summed E-state index contributed by atoms with van der Waals surface area (Å²) in [4.78, 5) is 8.58. The summed E-state index contributed by atoms with van der Waals surface area (Å²) in [5.41, 5.74) is 0.967. The van der Waals surface area contributed by atoms with Gasteiger partial charge in [-0.25, -0.2) is 14.6 Å². The van der Waals surface area contributed by atoms with E-state index in [9.17, 15) is 0 Å². The average Bonchev–Trinajstić information content (AvgIpc) is 2.94. The first-order valence-electron chi connectivity index (χ1n) is 6.25. The first-order valence-corrected chi connectivity index (χ1v) is 6.25. The Balaban J connectivity index is 1.58. The van der Waals surface area contributed by atoms with Crippen molar-refractivity contribution in [2.24, 2.45) is 0 Å². The molecule has 2 aromatic heterocycles. The smallest absolute Gasteiger partial charge is 0.208 e. The van der Waals surface area contributed by atoms with Crippen LogP contribution in [0.15, 0.2) is 10.7 Å². The lowest BCUT2D eigenvalue weighted by Crippen LogP contribution is -2.37. The SMILES string of the molecule is Cc1nc(CN[C@@H]2CCc3ncnn3C2)oc1C. The fourth-order valence-corrected chi connectivity index (χ4v) is 2.25. The predicted molar refractivity (Wildman–Crippen MR) is 64.9 cm³/mol. The lowest BCUT2D eigenvalue weighted by Gasteiger charge is -2.22. The van der Waals surface area contributed by atoms with Crippen molar-refractivity contribution >= 4 is 0 Å². The highest BCUT2D eigenvalue weighted by molar-refractivity contribution is 5.05. The maximum absolute atomic E-state index is 5.55. The monoisotopic (exact) mass is 247 g/mol. The van der Waals surface area contributed by atoms with Gasteiger partial charge in [-0.2, -0.15) is 5.10 Å². The van der Waals surface area contributed by atoms with Crippen molar-refractivity contribution < 1.29 is 4.42 Å². The largest absolute Gasteiger partial charge is 0.444 e. The van der Waals surface area contributed by atoms with E-state index in [0.29, 0.717) is 12.6 Å². The van der Waals surface area contributed by atoms with Crippen molar-refractivity contribution in [2.75, 3.05) is 0 Å². The summed E-state index contributed by atoms with van der Waals surface area (Å²) in [5.74, 6) is 2.74. The molecule has 18 heavy (non-hydrogen) atoms. The lowest BCUT2D eigenvalue weighted by molar-refractivity contribution is 0.339. The Morgan fingerprint density at radius 1 is 1.50 bits per heavy atom. The van der Waals surface area contributed by atoms with E-state index >= 15 is 0 Å². The number of aryl methyl sites for hydroxylation is 3. The van der Waals surface area contributed by atoms with Crippen molar-refractivity contribution in [3.8, 4) is 0 Å². The minimum Gasteiger partial charge on any atom is -0.444 e. The summed E-state index contributed by atoms with van der Waals surface area (Å²) >= 11 is 0. The third-order valence-corrected chi connectivity index (χ3v) is 3.42. The van der Waals surface area contributed by atoms with Crippen LogP contribution in [0.1, 0.15) is 29.6 Å². The van der Waals surface area contributed by atoms with E-state index in [-0.39, 0.29) is 0 Å². The second-order valence-electron chi connectivity index (χ2n) is 4.72. The number of nitrogens with one attached hydrogen (secondary N) is 1. The zero-order valence-electron chi connectivity index (χ0n) is 10.7. The molecule has 6 heteroatoms. The molecule has 3 heterocycles. The number of fused-ring (bicyclic) bond motifs is 1. The first kappa shape index (κ1) is 11.4. The van der Waals surface area contributed by atoms with E-state index in [2.05, 4.69) is 20.4 Å². The molecular formula is C12H17N5O. The molecule has 96 valence electrons. The van der Waals surface area contributed by atoms with Crippen LogP contribution in [0.5, 0.6) is 0 Å². The van der Waals surface area contributed by atoms with E-state index in [1.165, 1.54) is 0 Å². The van der Waals surface area contributed by atoms with E-state index in [1.54, 1.807) is 6.33 Å². The fraction of sp³-hybridized carbons (Fsp3) is 0.583. The fourth-order valence-electron chi connectivity index (χ4n) is 2.25. The van der Waals surface area contributed by atoms with Gasteiger partial charge in [0, 0.05) is 12.5 Å². The zero-order valence-corrected chi connectivity index (χ0v) is 10.7. The quantitative estimate of drug-likeness (QED) is 0.876. The molecule has 3 rings (SSSR count). The molecular weight excluding hydrogens is 230 g/mol. The van der Waals surface area contributed by atoms with E-state index < -0.39 is 0 Å². The molecule has 2 aromatic rings. The standard InChI is InChI=1S/C12H17N5O/c1-8-9(2)18-12(16-8)5-13-10-3-4-11-14-7-15-17(11)6-10/h7,10,13H,3-6H2,1-2H3/t10-/m1/s1. The molecule has 0 unspecified atom stereocenters. The minimum atomic E-state index is 0.409. The maximum Gasteiger partial charge on any atom is 0.208 e. The number of aromatic nitrogens is 4. The molecule has 0 bridgehead atoms. The second-order valence-corrected chi connectivity index (χ2v) is 4.72. The normalized spacial score (nSPS) is 18.9. The number of hydrogen-bond acceptors (Lipinski definition) is 5. The summed E-state index contributed by atoms with van der Waals surface area (Å²) in [6.07, 6.45) is 3.68. The highest BCUT2D eigenvalue weighted by Crippen LogP contribution is 2.13. The van der Waals surface area contributed by atoms with Gasteiger partial charge in [0.2, 0.25) is 5.89 Å². The van der Waals surface area contributed by atoms with Crippen LogP contribution in [0.25, 0.3) is 0 Å². The van der Waals surface area contributed by atoms with Crippen molar-refractivity contribution in [1.29, 1.82) is 0 Å². The minimum absolute atomic E-state index is 0.409. The molecule has 0 amide bonds. The van der Waals surface area contributed by atoms with Gasteiger partial charge in [-0.3, -0.25) is 0 Å². The highest BCUT2D eigenvalue weighted by Gasteiger charge is 2.19. The Kier molecular flexibility index (Phi) is 2.87. The number of nitrogens with zero attached hydrogens (tertiary/aromatic N) is 4. The lowest BCUT2D eigenvalue weighted by atomic mass is 10.1. The molecule has 0 aliphatic carbocycles. The van der Waals surface area contributed by atoms with Crippen LogP contribution < -0.4 is 5.32 Å². The summed E-state index contributed by atoms with van der Waals surface area (Å²) in [5, 5.41) is 7.67. The van der Waals surface area contributed by atoms with Gasteiger partial charge in [-0.15, -0.1) is 0 Å². The van der Waals surface area contributed by atoms with Crippen LogP contribution in [0.3, 0.4) is 0 Å². The Hall–Kier alpha value is -1.69. The van der Waals surface area contributed by atoms with E-state index in [0.717, 1.165) is 42.6 Å². The number of rotatable bonds is 3. The molecule has 0 saturated carbocycles. The van der Waals surface area contributed by atoms with Crippen LogP contribution in [-0.2, 0) is 19.5 Å². The average molecular weight is 247 g/mol. The van der Waals surface area contributed by atoms with Crippen molar-refractivity contribution in [3.63, 3.8) is 0 Å². The molecule has 0 spiro atoms. The van der Waals surface area contributed by atoms with Crippen molar-refractivity contribution in [1.82, 2.24) is 25.1 Å². The van der Waals surface area contributed by atoms with Gasteiger partial charge in [0.15, 0.2) is 0 Å². The molecule has 1 aliphatic rings. The molecule has 1 aliphatic heterocycles. The van der Waals surface area contributed by atoms with Crippen LogP contribution in [0.4, 0.5) is 0 Å². The summed E-state index contributed by atoms with van der Waals surface area (Å²) < 4.78 is 7.52.